The van der Waals surface area contributed by atoms with Crippen molar-refractivity contribution in [2.45, 2.75) is 17.2 Å². The van der Waals surface area contributed by atoms with E-state index in [-0.39, 0.29) is 12.7 Å². The van der Waals surface area contributed by atoms with Crippen LogP contribution >= 0.6 is 23.1 Å². The average molecular weight is 323 g/mol. The van der Waals surface area contributed by atoms with Crippen molar-refractivity contribution in [2.75, 3.05) is 18.4 Å². The number of aromatic nitrogens is 2. The number of nitrogens with zero attached hydrogens (tertiary/aromatic N) is 2. The minimum Gasteiger partial charge on any atom is -0.454 e. The molecule has 0 radical (unpaired) electrons. The quantitative estimate of drug-likeness (QED) is 0.673. The maximum absolute atomic E-state index is 11.9. The molecule has 1 aliphatic heterocycles. The molecule has 2 aromatic rings. The summed E-state index contributed by atoms with van der Waals surface area (Å²) >= 11 is 2.88. The van der Waals surface area contributed by atoms with E-state index in [9.17, 15) is 4.79 Å². The van der Waals surface area contributed by atoms with Gasteiger partial charge in [-0.15, -0.1) is 10.2 Å². The molecule has 6 nitrogen and oxygen atoms in total. The molecule has 8 heteroatoms. The third kappa shape index (κ3) is 3.45. The molecule has 2 heterocycles. The first kappa shape index (κ1) is 14.2. The summed E-state index contributed by atoms with van der Waals surface area (Å²) in [5, 5.41) is 11.1. The van der Waals surface area contributed by atoms with E-state index in [0.29, 0.717) is 18.0 Å². The summed E-state index contributed by atoms with van der Waals surface area (Å²) in [5.74, 6) is 1.42. The lowest BCUT2D eigenvalue weighted by atomic mass is 10.1. The number of carbonyl (C=O) groups is 1. The number of benzene rings is 1. The van der Waals surface area contributed by atoms with Crippen molar-refractivity contribution in [1.82, 2.24) is 10.2 Å². The van der Waals surface area contributed by atoms with Crippen LogP contribution < -0.4 is 14.8 Å². The lowest BCUT2D eigenvalue weighted by Gasteiger charge is -2.03. The topological polar surface area (TPSA) is 73.3 Å². The number of thioether (sulfide) groups is 1. The Balaban J connectivity index is 1.53. The summed E-state index contributed by atoms with van der Waals surface area (Å²) < 4.78 is 11.4. The van der Waals surface area contributed by atoms with E-state index in [2.05, 4.69) is 15.5 Å². The van der Waals surface area contributed by atoms with Crippen molar-refractivity contribution < 1.29 is 14.3 Å². The second-order valence-electron chi connectivity index (χ2n) is 4.31. The smallest absolute Gasteiger partial charge is 0.231 e. The molecule has 1 aliphatic rings. The van der Waals surface area contributed by atoms with Gasteiger partial charge < -0.3 is 14.8 Å². The Labute approximate surface area is 129 Å². The van der Waals surface area contributed by atoms with Crippen molar-refractivity contribution in [2.24, 2.45) is 0 Å². The van der Waals surface area contributed by atoms with Gasteiger partial charge in [0.05, 0.1) is 0 Å². The van der Waals surface area contributed by atoms with Gasteiger partial charge in [-0.1, -0.05) is 29.2 Å². The SMILES string of the molecule is CSc1nnc(NC(=O)CCc2ccc3c(c2)OCO3)s1. The fourth-order valence-corrected chi connectivity index (χ4v) is 3.07. The predicted molar refractivity (Wildman–Crippen MR) is 81.2 cm³/mol. The van der Waals surface area contributed by atoms with Crippen molar-refractivity contribution in [1.29, 1.82) is 0 Å². The molecule has 1 aromatic carbocycles. The maximum atomic E-state index is 11.9. The molecule has 21 heavy (non-hydrogen) atoms. The highest BCUT2D eigenvalue weighted by molar-refractivity contribution is 8.00. The Hall–Kier alpha value is -1.80. The van der Waals surface area contributed by atoms with Crippen LogP contribution in [-0.4, -0.2) is 29.2 Å². The zero-order chi connectivity index (χ0) is 14.7. The molecule has 1 aromatic heterocycles. The molecular formula is C13H13N3O3S2. The van der Waals surface area contributed by atoms with Crippen molar-refractivity contribution in [3.05, 3.63) is 23.8 Å². The lowest BCUT2D eigenvalue weighted by Crippen LogP contribution is -2.12. The first-order valence-electron chi connectivity index (χ1n) is 6.30. The number of anilines is 1. The Morgan fingerprint density at radius 1 is 1.38 bits per heavy atom. The minimum atomic E-state index is -0.0727. The number of carbonyl (C=O) groups excluding carboxylic acids is 1. The number of fused-ring (bicyclic) bond motifs is 1. The first-order chi connectivity index (χ1) is 10.2. The zero-order valence-corrected chi connectivity index (χ0v) is 12.9. The zero-order valence-electron chi connectivity index (χ0n) is 11.3. The highest BCUT2D eigenvalue weighted by atomic mass is 32.2. The number of ether oxygens (including phenoxy) is 2. The predicted octanol–water partition coefficient (Wildman–Crippen LogP) is 2.56. The summed E-state index contributed by atoms with van der Waals surface area (Å²) in [6.45, 7) is 0.258. The fraction of sp³-hybridized carbons (Fsp3) is 0.308. The van der Waals surface area contributed by atoms with Gasteiger partial charge in [-0.2, -0.15) is 0 Å². The van der Waals surface area contributed by atoms with Gasteiger partial charge in [-0.25, -0.2) is 0 Å². The molecule has 0 saturated carbocycles. The number of aryl methyl sites for hydroxylation is 1. The summed E-state index contributed by atoms with van der Waals surface area (Å²) in [7, 11) is 0. The van der Waals surface area contributed by atoms with Crippen molar-refractivity contribution in [3.63, 3.8) is 0 Å². The standard InChI is InChI=1S/C13H13N3O3S2/c1-20-13-16-15-12(21-13)14-11(17)5-3-8-2-4-9-10(6-8)19-7-18-9/h2,4,6H,3,5,7H2,1H3,(H,14,15,17). The van der Waals surface area contributed by atoms with Crippen LogP contribution in [0.1, 0.15) is 12.0 Å². The monoisotopic (exact) mass is 323 g/mol. The molecule has 3 rings (SSSR count). The molecule has 1 N–H and O–H groups in total. The molecular weight excluding hydrogens is 310 g/mol. The summed E-state index contributed by atoms with van der Waals surface area (Å²) in [6, 6.07) is 5.72. The van der Waals surface area contributed by atoms with Crippen LogP contribution in [0.25, 0.3) is 0 Å². The summed E-state index contributed by atoms with van der Waals surface area (Å²) in [6.07, 6.45) is 2.94. The van der Waals surface area contributed by atoms with Gasteiger partial charge in [0.1, 0.15) is 0 Å². The molecule has 0 saturated heterocycles. The Bertz CT molecular complexity index is 660. The van der Waals surface area contributed by atoms with Gasteiger partial charge in [0.15, 0.2) is 15.8 Å². The van der Waals surface area contributed by atoms with E-state index >= 15 is 0 Å². The number of hydrogen-bond acceptors (Lipinski definition) is 7. The summed E-state index contributed by atoms with van der Waals surface area (Å²) in [4.78, 5) is 11.9. The Morgan fingerprint density at radius 3 is 3.05 bits per heavy atom. The molecule has 0 unspecified atom stereocenters. The number of rotatable bonds is 5. The number of amides is 1. The Morgan fingerprint density at radius 2 is 2.24 bits per heavy atom. The molecule has 0 spiro atoms. The Kier molecular flexibility index (Phi) is 4.26. The minimum absolute atomic E-state index is 0.0727. The van der Waals surface area contributed by atoms with E-state index in [1.54, 1.807) is 0 Å². The van der Waals surface area contributed by atoms with Gasteiger partial charge in [-0.05, 0) is 30.4 Å². The molecule has 0 aliphatic carbocycles. The summed E-state index contributed by atoms with van der Waals surface area (Å²) in [5.41, 5.74) is 1.04. The number of hydrogen-bond donors (Lipinski definition) is 1. The van der Waals surface area contributed by atoms with Crippen LogP contribution in [0.3, 0.4) is 0 Å². The third-order valence-corrected chi connectivity index (χ3v) is 4.72. The largest absolute Gasteiger partial charge is 0.454 e. The van der Waals surface area contributed by atoms with Crippen LogP contribution in [0.5, 0.6) is 11.5 Å². The van der Waals surface area contributed by atoms with Gasteiger partial charge in [0, 0.05) is 6.42 Å². The lowest BCUT2D eigenvalue weighted by molar-refractivity contribution is -0.116. The van der Waals surface area contributed by atoms with Crippen molar-refractivity contribution >= 4 is 34.1 Å². The van der Waals surface area contributed by atoms with Crippen LogP contribution in [0.4, 0.5) is 5.13 Å². The van der Waals surface area contributed by atoms with E-state index in [1.807, 2.05) is 24.5 Å². The third-order valence-electron chi connectivity index (χ3n) is 2.91. The molecule has 0 bridgehead atoms. The van der Waals surface area contributed by atoms with Crippen LogP contribution in [-0.2, 0) is 11.2 Å². The normalized spacial score (nSPS) is 12.4. The second-order valence-corrected chi connectivity index (χ2v) is 6.34. The van der Waals surface area contributed by atoms with Gasteiger partial charge >= 0.3 is 0 Å². The van der Waals surface area contributed by atoms with E-state index in [4.69, 9.17) is 9.47 Å². The highest BCUT2D eigenvalue weighted by Gasteiger charge is 2.14. The molecule has 0 fully saturated rings. The van der Waals surface area contributed by atoms with E-state index in [0.717, 1.165) is 21.4 Å². The fourth-order valence-electron chi connectivity index (χ4n) is 1.88. The van der Waals surface area contributed by atoms with E-state index in [1.165, 1.54) is 23.1 Å². The van der Waals surface area contributed by atoms with Crippen LogP contribution in [0, 0.1) is 0 Å². The van der Waals surface area contributed by atoms with Gasteiger partial charge in [0.25, 0.3) is 0 Å². The molecule has 0 atom stereocenters. The maximum Gasteiger partial charge on any atom is 0.231 e. The van der Waals surface area contributed by atoms with Crippen LogP contribution in [0.15, 0.2) is 22.5 Å². The first-order valence-corrected chi connectivity index (χ1v) is 8.34. The number of nitrogens with one attached hydrogen (secondary N) is 1. The highest BCUT2D eigenvalue weighted by Crippen LogP contribution is 2.32. The van der Waals surface area contributed by atoms with Gasteiger partial charge in [-0.3, -0.25) is 4.79 Å². The second kappa shape index (κ2) is 6.31. The average Bonchev–Trinajstić information content (AvgIpc) is 3.13. The molecule has 1 amide bonds. The van der Waals surface area contributed by atoms with E-state index < -0.39 is 0 Å². The van der Waals surface area contributed by atoms with Crippen LogP contribution in [0.2, 0.25) is 0 Å². The van der Waals surface area contributed by atoms with Gasteiger partial charge in [0.2, 0.25) is 17.8 Å². The molecule has 110 valence electrons. The van der Waals surface area contributed by atoms with Crippen molar-refractivity contribution in [3.8, 4) is 11.5 Å².